The number of fused-ring (bicyclic) bond motifs is 1. The molecule has 0 aliphatic carbocycles. The van der Waals surface area contributed by atoms with Crippen molar-refractivity contribution in [1.29, 1.82) is 0 Å². The molecule has 0 saturated heterocycles. The van der Waals surface area contributed by atoms with Crippen molar-refractivity contribution >= 4 is 23.0 Å². The third kappa shape index (κ3) is 3.17. The maximum Gasteiger partial charge on any atom is 0.224 e. The first kappa shape index (κ1) is 13.7. The molecule has 2 rings (SSSR count). The summed E-state index contributed by atoms with van der Waals surface area (Å²) < 4.78 is 0. The molecule has 1 aliphatic heterocycles. The predicted octanol–water partition coefficient (Wildman–Crippen LogP) is 1.52. The highest BCUT2D eigenvalue weighted by Crippen LogP contribution is 2.30. The van der Waals surface area contributed by atoms with Gasteiger partial charge in [0.1, 0.15) is 0 Å². The van der Waals surface area contributed by atoms with Crippen LogP contribution in [0.15, 0.2) is 12.1 Å². The van der Waals surface area contributed by atoms with Crippen LogP contribution in [0.25, 0.3) is 0 Å². The Morgan fingerprint density at radius 3 is 2.84 bits per heavy atom. The van der Waals surface area contributed by atoms with E-state index in [9.17, 15) is 4.79 Å². The van der Waals surface area contributed by atoms with Crippen molar-refractivity contribution in [3.05, 3.63) is 17.7 Å². The van der Waals surface area contributed by atoms with E-state index >= 15 is 0 Å². The molecule has 0 spiro atoms. The number of anilines is 3. The number of nitrogens with one attached hydrogen (secondary N) is 2. The lowest BCUT2D eigenvalue weighted by molar-refractivity contribution is -0.116. The minimum atomic E-state index is 0.0740. The Morgan fingerprint density at radius 2 is 2.16 bits per heavy atom. The zero-order valence-corrected chi connectivity index (χ0v) is 11.8. The zero-order valence-electron chi connectivity index (χ0n) is 11.8. The lowest BCUT2D eigenvalue weighted by Gasteiger charge is -2.23. The Bertz CT molecular complexity index is 485. The van der Waals surface area contributed by atoms with Crippen molar-refractivity contribution in [2.45, 2.75) is 25.8 Å². The second kappa shape index (κ2) is 5.48. The van der Waals surface area contributed by atoms with E-state index in [-0.39, 0.29) is 5.91 Å². The second-order valence-corrected chi connectivity index (χ2v) is 5.34. The highest BCUT2D eigenvalue weighted by atomic mass is 16.1. The molecule has 0 bridgehead atoms. The van der Waals surface area contributed by atoms with Crippen LogP contribution in [0.4, 0.5) is 17.1 Å². The third-order valence-electron chi connectivity index (χ3n) is 3.64. The molecule has 1 atom stereocenters. The Hall–Kier alpha value is -1.75. The molecular formula is C14H22N4O. The first-order valence-corrected chi connectivity index (χ1v) is 6.60. The molecule has 0 radical (unpaired) electrons. The van der Waals surface area contributed by atoms with Gasteiger partial charge in [-0.1, -0.05) is 0 Å². The van der Waals surface area contributed by atoms with Gasteiger partial charge in [-0.2, -0.15) is 0 Å². The van der Waals surface area contributed by atoms with Gasteiger partial charge < -0.3 is 21.3 Å². The summed E-state index contributed by atoms with van der Waals surface area (Å²) in [5.74, 6) is 0.0740. The number of hydrogen-bond acceptors (Lipinski definition) is 4. The van der Waals surface area contributed by atoms with E-state index in [0.717, 1.165) is 35.6 Å². The smallest absolute Gasteiger partial charge is 0.224 e. The monoisotopic (exact) mass is 262 g/mol. The number of rotatable bonds is 4. The van der Waals surface area contributed by atoms with E-state index in [1.54, 1.807) is 0 Å². The lowest BCUT2D eigenvalue weighted by Crippen LogP contribution is -2.31. The molecule has 1 heterocycles. The molecule has 1 aromatic carbocycles. The number of likely N-dealkylation sites (N-methyl/N-ethyl adjacent to an activating group) is 1. The van der Waals surface area contributed by atoms with Crippen LogP contribution in [0.5, 0.6) is 0 Å². The minimum absolute atomic E-state index is 0.0740. The average molecular weight is 262 g/mol. The molecule has 19 heavy (non-hydrogen) atoms. The van der Waals surface area contributed by atoms with Gasteiger partial charge in [0, 0.05) is 24.7 Å². The molecule has 1 aromatic rings. The van der Waals surface area contributed by atoms with Crippen LogP contribution < -0.4 is 16.4 Å². The molecule has 5 nitrogen and oxygen atoms in total. The van der Waals surface area contributed by atoms with Crippen molar-refractivity contribution in [3.63, 3.8) is 0 Å². The van der Waals surface area contributed by atoms with Crippen LogP contribution in [0.1, 0.15) is 18.9 Å². The highest BCUT2D eigenvalue weighted by molar-refractivity contribution is 5.95. The number of nitrogens with two attached hydrogens (primary N) is 1. The number of carbonyl (C=O) groups excluding carboxylic acids is 1. The number of nitrogens with zero attached hydrogens (tertiary/aromatic N) is 1. The summed E-state index contributed by atoms with van der Waals surface area (Å²) in [7, 11) is 4.09. The molecule has 1 amide bonds. The van der Waals surface area contributed by atoms with Gasteiger partial charge >= 0.3 is 0 Å². The van der Waals surface area contributed by atoms with E-state index < -0.39 is 0 Å². The largest absolute Gasteiger partial charge is 0.397 e. The summed E-state index contributed by atoms with van der Waals surface area (Å²) in [6.45, 7) is 2.95. The molecule has 0 aromatic heterocycles. The Morgan fingerprint density at radius 1 is 1.42 bits per heavy atom. The molecule has 104 valence electrons. The number of benzene rings is 1. The summed E-state index contributed by atoms with van der Waals surface area (Å²) >= 11 is 0. The Kier molecular flexibility index (Phi) is 3.95. The summed E-state index contributed by atoms with van der Waals surface area (Å²) in [5.41, 5.74) is 9.67. The normalized spacial score (nSPS) is 15.9. The maximum atomic E-state index is 11.4. The number of aryl methyl sites for hydroxylation is 1. The SMILES string of the molecule is CC(CNc1cc2c(cc1N)CCC(=O)N2)N(C)C. The van der Waals surface area contributed by atoms with Gasteiger partial charge in [0.15, 0.2) is 0 Å². The molecule has 4 N–H and O–H groups in total. The number of amides is 1. The van der Waals surface area contributed by atoms with Crippen molar-refractivity contribution in [2.75, 3.05) is 37.0 Å². The quantitative estimate of drug-likeness (QED) is 0.719. The van der Waals surface area contributed by atoms with E-state index in [1.807, 2.05) is 26.2 Å². The molecule has 1 aliphatic rings. The van der Waals surface area contributed by atoms with Gasteiger partial charge in [0.2, 0.25) is 5.91 Å². The van der Waals surface area contributed by atoms with Crippen LogP contribution >= 0.6 is 0 Å². The highest BCUT2D eigenvalue weighted by Gasteiger charge is 2.16. The van der Waals surface area contributed by atoms with Crippen LogP contribution in [0.3, 0.4) is 0 Å². The van der Waals surface area contributed by atoms with E-state index in [4.69, 9.17) is 5.73 Å². The number of nitrogen functional groups attached to an aromatic ring is 1. The first-order valence-electron chi connectivity index (χ1n) is 6.60. The molecule has 5 heteroatoms. The van der Waals surface area contributed by atoms with Crippen LogP contribution in [-0.4, -0.2) is 37.5 Å². The number of carbonyl (C=O) groups is 1. The van der Waals surface area contributed by atoms with E-state index in [2.05, 4.69) is 22.5 Å². The van der Waals surface area contributed by atoms with E-state index in [0.29, 0.717) is 12.5 Å². The average Bonchev–Trinajstić information content (AvgIpc) is 2.36. The van der Waals surface area contributed by atoms with Crippen LogP contribution in [0, 0.1) is 0 Å². The summed E-state index contributed by atoms with van der Waals surface area (Å²) in [4.78, 5) is 13.6. The predicted molar refractivity (Wildman–Crippen MR) is 79.4 cm³/mol. The second-order valence-electron chi connectivity index (χ2n) is 5.34. The molecule has 1 unspecified atom stereocenters. The van der Waals surface area contributed by atoms with Crippen molar-refractivity contribution < 1.29 is 4.79 Å². The van der Waals surface area contributed by atoms with Crippen molar-refractivity contribution in [2.24, 2.45) is 0 Å². The molecule has 0 saturated carbocycles. The summed E-state index contributed by atoms with van der Waals surface area (Å²) in [5, 5.41) is 6.23. The summed E-state index contributed by atoms with van der Waals surface area (Å²) in [6, 6.07) is 4.30. The van der Waals surface area contributed by atoms with Gasteiger partial charge in [-0.15, -0.1) is 0 Å². The third-order valence-corrected chi connectivity index (χ3v) is 3.64. The van der Waals surface area contributed by atoms with Gasteiger partial charge in [-0.3, -0.25) is 4.79 Å². The molecule has 0 fully saturated rings. The Labute approximate surface area is 114 Å². The Balaban J connectivity index is 2.13. The van der Waals surface area contributed by atoms with Crippen LogP contribution in [0.2, 0.25) is 0 Å². The summed E-state index contributed by atoms with van der Waals surface area (Å²) in [6.07, 6.45) is 1.30. The lowest BCUT2D eigenvalue weighted by atomic mass is 10.0. The van der Waals surface area contributed by atoms with Gasteiger partial charge in [0.25, 0.3) is 0 Å². The van der Waals surface area contributed by atoms with Crippen LogP contribution in [-0.2, 0) is 11.2 Å². The minimum Gasteiger partial charge on any atom is -0.397 e. The zero-order chi connectivity index (χ0) is 14.0. The van der Waals surface area contributed by atoms with Gasteiger partial charge in [0.05, 0.1) is 11.4 Å². The van der Waals surface area contributed by atoms with E-state index in [1.165, 1.54) is 0 Å². The standard InChI is InChI=1S/C14H22N4O/c1-9(18(2)3)8-16-13-7-12-10(6-11(13)15)4-5-14(19)17-12/h6-7,9,16H,4-5,8,15H2,1-3H3,(H,17,19). The number of hydrogen-bond donors (Lipinski definition) is 3. The van der Waals surface area contributed by atoms with Gasteiger partial charge in [-0.05, 0) is 45.1 Å². The molecular weight excluding hydrogens is 240 g/mol. The van der Waals surface area contributed by atoms with Crippen molar-refractivity contribution in [1.82, 2.24) is 4.90 Å². The fourth-order valence-electron chi connectivity index (χ4n) is 2.04. The van der Waals surface area contributed by atoms with Crippen molar-refractivity contribution in [3.8, 4) is 0 Å². The maximum absolute atomic E-state index is 11.4. The first-order chi connectivity index (χ1) is 8.97. The van der Waals surface area contributed by atoms with Gasteiger partial charge in [-0.25, -0.2) is 0 Å². The fourth-order valence-corrected chi connectivity index (χ4v) is 2.04. The topological polar surface area (TPSA) is 70.4 Å². The fraction of sp³-hybridized carbons (Fsp3) is 0.500.